The molecule has 116 valence electrons. The van der Waals surface area contributed by atoms with E-state index >= 15 is 0 Å². The molecule has 2 heterocycles. The van der Waals surface area contributed by atoms with Crippen molar-refractivity contribution < 1.29 is 9.53 Å². The van der Waals surface area contributed by atoms with E-state index in [0.717, 1.165) is 31.7 Å². The number of nitrogens with one attached hydrogen (secondary N) is 1. The third-order valence-corrected chi connectivity index (χ3v) is 5.57. The molecule has 2 aliphatic rings. The second-order valence-corrected chi connectivity index (χ2v) is 7.11. The van der Waals surface area contributed by atoms with Gasteiger partial charge in [-0.3, -0.25) is 9.48 Å². The number of hydrogen-bond donors (Lipinski definition) is 1. The Labute approximate surface area is 129 Å². The molecule has 0 unspecified atom stereocenters. The second-order valence-electron chi connectivity index (χ2n) is 5.82. The molecule has 0 spiro atoms. The number of ether oxygens (including phenoxy) is 1. The van der Waals surface area contributed by atoms with Gasteiger partial charge in [-0.05, 0) is 25.7 Å². The van der Waals surface area contributed by atoms with Crippen LogP contribution < -0.4 is 5.32 Å². The van der Waals surface area contributed by atoms with Crippen molar-refractivity contribution in [2.75, 3.05) is 24.3 Å². The first-order valence-electron chi connectivity index (χ1n) is 7.84. The van der Waals surface area contributed by atoms with E-state index in [-0.39, 0.29) is 5.91 Å². The molecule has 2 fully saturated rings. The van der Waals surface area contributed by atoms with Crippen molar-refractivity contribution in [3.05, 3.63) is 12.4 Å². The van der Waals surface area contributed by atoms with Crippen LogP contribution in [0.15, 0.2) is 12.4 Å². The Morgan fingerprint density at radius 1 is 1.33 bits per heavy atom. The second kappa shape index (κ2) is 7.31. The molecule has 21 heavy (non-hydrogen) atoms. The molecule has 0 radical (unpaired) electrons. The molecule has 1 aliphatic carbocycles. The third-order valence-electron chi connectivity index (χ3n) is 4.20. The van der Waals surface area contributed by atoms with E-state index in [4.69, 9.17) is 4.74 Å². The predicted molar refractivity (Wildman–Crippen MR) is 84.7 cm³/mol. The van der Waals surface area contributed by atoms with Crippen LogP contribution in [0.5, 0.6) is 0 Å². The molecule has 0 bridgehead atoms. The summed E-state index contributed by atoms with van der Waals surface area (Å²) in [6.07, 6.45) is 10.8. The zero-order valence-electron chi connectivity index (χ0n) is 12.3. The predicted octanol–water partition coefficient (Wildman–Crippen LogP) is 2.85. The van der Waals surface area contributed by atoms with E-state index in [1.807, 2.05) is 10.9 Å². The number of anilines is 1. The summed E-state index contributed by atoms with van der Waals surface area (Å²) < 4.78 is 7.32. The zero-order chi connectivity index (χ0) is 14.5. The van der Waals surface area contributed by atoms with Crippen LogP contribution in [0.25, 0.3) is 0 Å². The van der Waals surface area contributed by atoms with Crippen molar-refractivity contribution in [3.63, 3.8) is 0 Å². The topological polar surface area (TPSA) is 56.2 Å². The van der Waals surface area contributed by atoms with Gasteiger partial charge in [-0.2, -0.15) is 5.10 Å². The summed E-state index contributed by atoms with van der Waals surface area (Å²) in [5.74, 6) is 0.631. The number of carbonyl (C=O) groups is 1. The maximum Gasteiger partial charge on any atom is 0.234 e. The number of nitrogens with zero attached hydrogens (tertiary/aromatic N) is 2. The van der Waals surface area contributed by atoms with Crippen LogP contribution >= 0.6 is 11.8 Å². The van der Waals surface area contributed by atoms with Crippen LogP contribution in [-0.2, 0) is 9.53 Å². The lowest BCUT2D eigenvalue weighted by Crippen LogP contribution is -2.20. The van der Waals surface area contributed by atoms with E-state index < -0.39 is 0 Å². The summed E-state index contributed by atoms with van der Waals surface area (Å²) >= 11 is 1.79. The lowest BCUT2D eigenvalue weighted by Gasteiger charge is -2.22. The van der Waals surface area contributed by atoms with E-state index in [9.17, 15) is 4.79 Å². The molecule has 1 amide bonds. The number of carbonyl (C=O) groups excluding carboxylic acids is 1. The highest BCUT2D eigenvalue weighted by Gasteiger charge is 2.18. The molecule has 0 aromatic carbocycles. The highest BCUT2D eigenvalue weighted by Crippen LogP contribution is 2.29. The Hall–Kier alpha value is -1.01. The van der Waals surface area contributed by atoms with Gasteiger partial charge in [0.2, 0.25) is 5.91 Å². The summed E-state index contributed by atoms with van der Waals surface area (Å²) in [4.78, 5) is 12.0. The molecule has 1 aromatic rings. The van der Waals surface area contributed by atoms with Crippen molar-refractivity contribution in [1.82, 2.24) is 9.78 Å². The Kier molecular flexibility index (Phi) is 5.19. The van der Waals surface area contributed by atoms with Gasteiger partial charge in [0.15, 0.2) is 0 Å². The van der Waals surface area contributed by atoms with Crippen LogP contribution in [0.1, 0.15) is 44.6 Å². The van der Waals surface area contributed by atoms with Crippen LogP contribution in [-0.4, -0.2) is 39.9 Å². The van der Waals surface area contributed by atoms with Crippen molar-refractivity contribution in [2.45, 2.75) is 49.8 Å². The van der Waals surface area contributed by atoms with E-state index in [1.54, 1.807) is 18.0 Å². The molecule has 6 heteroatoms. The highest BCUT2D eigenvalue weighted by molar-refractivity contribution is 8.00. The smallest absolute Gasteiger partial charge is 0.234 e. The monoisotopic (exact) mass is 309 g/mol. The van der Waals surface area contributed by atoms with Gasteiger partial charge >= 0.3 is 0 Å². The van der Waals surface area contributed by atoms with Crippen molar-refractivity contribution in [3.8, 4) is 0 Å². The minimum atomic E-state index is 0.0819. The standard InChI is InChI=1S/C15H23N3O2S/c19-15(11-21-14-3-1-2-4-14)17-12-9-16-18(10-12)13-5-7-20-8-6-13/h9-10,13-14H,1-8,11H2,(H,17,19). The minimum Gasteiger partial charge on any atom is -0.381 e. The van der Waals surface area contributed by atoms with Gasteiger partial charge in [0, 0.05) is 24.7 Å². The maximum atomic E-state index is 12.0. The Bertz CT molecular complexity index is 465. The number of thioether (sulfide) groups is 1. The average molecular weight is 309 g/mol. The van der Waals surface area contributed by atoms with Gasteiger partial charge in [0.25, 0.3) is 0 Å². The lowest BCUT2D eigenvalue weighted by atomic mass is 10.1. The maximum absolute atomic E-state index is 12.0. The fourth-order valence-electron chi connectivity index (χ4n) is 3.00. The van der Waals surface area contributed by atoms with Crippen LogP contribution in [0.3, 0.4) is 0 Å². The Morgan fingerprint density at radius 3 is 2.86 bits per heavy atom. The summed E-state index contributed by atoms with van der Waals surface area (Å²) in [5.41, 5.74) is 0.804. The van der Waals surface area contributed by atoms with Gasteiger partial charge in [0.05, 0.1) is 23.7 Å². The summed E-state index contributed by atoms with van der Waals surface area (Å²) in [7, 11) is 0. The van der Waals surface area contributed by atoms with Gasteiger partial charge < -0.3 is 10.1 Å². The Balaban J connectivity index is 1.45. The first kappa shape index (κ1) is 14.9. The quantitative estimate of drug-likeness (QED) is 0.908. The van der Waals surface area contributed by atoms with E-state index in [1.165, 1.54) is 25.7 Å². The van der Waals surface area contributed by atoms with Gasteiger partial charge in [-0.25, -0.2) is 0 Å². The first-order chi connectivity index (χ1) is 10.3. The van der Waals surface area contributed by atoms with Crippen LogP contribution in [0.2, 0.25) is 0 Å². The molecule has 5 nitrogen and oxygen atoms in total. The largest absolute Gasteiger partial charge is 0.381 e. The van der Waals surface area contributed by atoms with E-state index in [2.05, 4.69) is 10.4 Å². The number of aromatic nitrogens is 2. The fraction of sp³-hybridized carbons (Fsp3) is 0.733. The van der Waals surface area contributed by atoms with Gasteiger partial charge in [0.1, 0.15) is 0 Å². The van der Waals surface area contributed by atoms with Gasteiger partial charge in [-0.15, -0.1) is 11.8 Å². The molecular formula is C15H23N3O2S. The van der Waals surface area contributed by atoms with Crippen LogP contribution in [0, 0.1) is 0 Å². The molecular weight excluding hydrogens is 286 g/mol. The summed E-state index contributed by atoms with van der Waals surface area (Å²) in [6.45, 7) is 1.59. The normalized spacial score (nSPS) is 20.8. The number of amides is 1. The van der Waals surface area contributed by atoms with Gasteiger partial charge in [-0.1, -0.05) is 12.8 Å². The van der Waals surface area contributed by atoms with Crippen molar-refractivity contribution in [2.24, 2.45) is 0 Å². The molecule has 1 aromatic heterocycles. The third kappa shape index (κ3) is 4.23. The average Bonchev–Trinajstić information content (AvgIpc) is 3.17. The molecule has 1 N–H and O–H groups in total. The highest BCUT2D eigenvalue weighted by atomic mass is 32.2. The molecule has 1 saturated heterocycles. The zero-order valence-corrected chi connectivity index (χ0v) is 13.1. The lowest BCUT2D eigenvalue weighted by molar-refractivity contribution is -0.113. The SMILES string of the molecule is O=C(CSC1CCCC1)Nc1cnn(C2CCOCC2)c1. The first-order valence-corrected chi connectivity index (χ1v) is 8.89. The number of rotatable bonds is 5. The molecule has 0 atom stereocenters. The molecule has 3 rings (SSSR count). The fourth-order valence-corrected chi connectivity index (χ4v) is 4.12. The Morgan fingerprint density at radius 2 is 2.10 bits per heavy atom. The summed E-state index contributed by atoms with van der Waals surface area (Å²) in [5, 5.41) is 8.00. The molecule has 1 aliphatic heterocycles. The molecule has 1 saturated carbocycles. The van der Waals surface area contributed by atoms with E-state index in [0.29, 0.717) is 17.0 Å². The minimum absolute atomic E-state index is 0.0819. The van der Waals surface area contributed by atoms with Crippen molar-refractivity contribution in [1.29, 1.82) is 0 Å². The number of hydrogen-bond acceptors (Lipinski definition) is 4. The summed E-state index contributed by atoms with van der Waals surface area (Å²) in [6, 6.07) is 0.400. The van der Waals surface area contributed by atoms with Crippen molar-refractivity contribution >= 4 is 23.4 Å². The van der Waals surface area contributed by atoms with Crippen LogP contribution in [0.4, 0.5) is 5.69 Å².